The predicted octanol–water partition coefficient (Wildman–Crippen LogP) is 4.56. The molecule has 0 aliphatic heterocycles. The average molecular weight is 420 g/mol. The second kappa shape index (κ2) is 8.34. The van der Waals surface area contributed by atoms with E-state index in [-0.39, 0.29) is 10.8 Å². The van der Waals surface area contributed by atoms with E-state index < -0.39 is 5.91 Å². The maximum absolute atomic E-state index is 12.8. The van der Waals surface area contributed by atoms with Crippen molar-refractivity contribution < 1.29 is 9.59 Å². The summed E-state index contributed by atoms with van der Waals surface area (Å²) in [5.41, 5.74) is 1.63. The van der Waals surface area contributed by atoms with Gasteiger partial charge in [-0.2, -0.15) is 10.1 Å². The summed E-state index contributed by atoms with van der Waals surface area (Å²) in [6.07, 6.45) is 0. The van der Waals surface area contributed by atoms with Crippen LogP contribution in [-0.4, -0.2) is 21.5 Å². The second-order valence-electron chi connectivity index (χ2n) is 6.06. The fourth-order valence-corrected chi connectivity index (χ4v) is 3.63. The molecule has 0 N–H and O–H groups in total. The Morgan fingerprint density at radius 3 is 2.03 bits per heavy atom. The third-order valence-electron chi connectivity index (χ3n) is 4.08. The van der Waals surface area contributed by atoms with Gasteiger partial charge >= 0.3 is 0 Å². The first-order chi connectivity index (χ1) is 14.1. The smallest absolute Gasteiger partial charge is 0.279 e. The minimum absolute atomic E-state index is 0.230. The number of benzene rings is 3. The van der Waals surface area contributed by atoms with E-state index in [2.05, 4.69) is 10.1 Å². The lowest BCUT2D eigenvalue weighted by atomic mass is 10.1. The topological polar surface area (TPSA) is 64.3 Å². The molecule has 7 heteroatoms. The molecule has 3 aromatic carbocycles. The van der Waals surface area contributed by atoms with E-state index in [9.17, 15) is 9.59 Å². The zero-order valence-electron chi connectivity index (χ0n) is 15.0. The van der Waals surface area contributed by atoms with Gasteiger partial charge in [0.1, 0.15) is 0 Å². The van der Waals surface area contributed by atoms with Crippen molar-refractivity contribution in [1.82, 2.24) is 9.78 Å². The quantitative estimate of drug-likeness (QED) is 0.455. The number of ketones is 1. The largest absolute Gasteiger partial charge is 0.286 e. The Morgan fingerprint density at radius 2 is 1.41 bits per heavy atom. The number of amides is 1. The van der Waals surface area contributed by atoms with Gasteiger partial charge in [0.15, 0.2) is 5.01 Å². The Kier molecular flexibility index (Phi) is 5.46. The van der Waals surface area contributed by atoms with Crippen molar-refractivity contribution >= 4 is 34.6 Å². The number of hydrogen-bond acceptors (Lipinski definition) is 4. The van der Waals surface area contributed by atoms with Crippen molar-refractivity contribution in [3.63, 3.8) is 0 Å². The molecule has 0 saturated carbocycles. The molecule has 1 heterocycles. The van der Waals surface area contributed by atoms with E-state index in [1.54, 1.807) is 72.8 Å². The number of nitrogens with zero attached hydrogens (tertiary/aromatic N) is 3. The fourth-order valence-electron chi connectivity index (χ4n) is 2.64. The molecule has 4 aromatic rings. The van der Waals surface area contributed by atoms with Crippen LogP contribution in [0, 0.1) is 0 Å². The zero-order valence-corrected chi connectivity index (χ0v) is 16.6. The molecule has 4 rings (SSSR count). The molecule has 0 unspecified atom stereocenters. The van der Waals surface area contributed by atoms with Crippen molar-refractivity contribution in [2.75, 3.05) is 0 Å². The molecule has 5 nitrogen and oxygen atoms in total. The summed E-state index contributed by atoms with van der Waals surface area (Å²) in [5, 5.41) is 5.24. The van der Waals surface area contributed by atoms with Crippen LogP contribution >= 0.6 is 22.9 Å². The molecule has 0 spiro atoms. The summed E-state index contributed by atoms with van der Waals surface area (Å²) in [6, 6.07) is 24.6. The summed E-state index contributed by atoms with van der Waals surface area (Å²) in [4.78, 5) is 30.0. The van der Waals surface area contributed by atoms with Gasteiger partial charge in [0.05, 0.1) is 5.69 Å². The molecule has 29 heavy (non-hydrogen) atoms. The van der Waals surface area contributed by atoms with E-state index in [1.807, 2.05) is 12.1 Å². The molecule has 1 amide bonds. The normalized spacial score (nSPS) is 11.4. The van der Waals surface area contributed by atoms with Crippen molar-refractivity contribution in [3.05, 3.63) is 111 Å². The first-order valence-corrected chi connectivity index (χ1v) is 9.91. The SMILES string of the molecule is O=C(N=c1sc(C(=O)c2ccccc2)nn1-c1ccc(Cl)cc1)c1ccccc1. The molecule has 1 aromatic heterocycles. The average Bonchev–Trinajstić information content (AvgIpc) is 3.18. The first kappa shape index (κ1) is 19.0. The maximum Gasteiger partial charge on any atom is 0.279 e. The molecule has 0 aliphatic carbocycles. The number of rotatable bonds is 4. The van der Waals surface area contributed by atoms with Crippen molar-refractivity contribution in [2.45, 2.75) is 0 Å². The highest BCUT2D eigenvalue weighted by Crippen LogP contribution is 2.15. The van der Waals surface area contributed by atoms with E-state index >= 15 is 0 Å². The van der Waals surface area contributed by atoms with Crippen LogP contribution in [-0.2, 0) is 0 Å². The molecule has 0 aliphatic rings. The van der Waals surface area contributed by atoms with Gasteiger partial charge in [0, 0.05) is 16.1 Å². The summed E-state index contributed by atoms with van der Waals surface area (Å²) >= 11 is 7.05. The lowest BCUT2D eigenvalue weighted by molar-refractivity contribution is 0.0996. The molecular formula is C22H14ClN3O2S. The highest BCUT2D eigenvalue weighted by atomic mass is 35.5. The van der Waals surface area contributed by atoms with Crippen molar-refractivity contribution in [1.29, 1.82) is 0 Å². The fraction of sp³-hybridized carbons (Fsp3) is 0. The van der Waals surface area contributed by atoms with Crippen molar-refractivity contribution in [3.8, 4) is 5.69 Å². The maximum atomic E-state index is 12.8. The van der Waals surface area contributed by atoms with Crippen LogP contribution in [0.1, 0.15) is 25.7 Å². The van der Waals surface area contributed by atoms with Gasteiger partial charge in [0.2, 0.25) is 10.6 Å². The Labute approximate surface area is 175 Å². The minimum atomic E-state index is -0.407. The van der Waals surface area contributed by atoms with Crippen LogP contribution in [0.15, 0.2) is 89.9 Å². The minimum Gasteiger partial charge on any atom is -0.286 e. The van der Waals surface area contributed by atoms with Gasteiger partial charge in [-0.15, -0.1) is 0 Å². The van der Waals surface area contributed by atoms with Crippen LogP contribution in [0.2, 0.25) is 5.02 Å². The number of carbonyl (C=O) groups is 2. The van der Waals surface area contributed by atoms with Gasteiger partial charge in [-0.25, -0.2) is 4.68 Å². The van der Waals surface area contributed by atoms with E-state index in [0.717, 1.165) is 11.3 Å². The zero-order chi connectivity index (χ0) is 20.2. The molecule has 0 saturated heterocycles. The highest BCUT2D eigenvalue weighted by Gasteiger charge is 2.17. The van der Waals surface area contributed by atoms with Crippen LogP contribution in [0.4, 0.5) is 0 Å². The van der Waals surface area contributed by atoms with Gasteiger partial charge in [-0.3, -0.25) is 9.59 Å². The summed E-state index contributed by atoms with van der Waals surface area (Å²) in [7, 11) is 0. The Balaban J connectivity index is 1.83. The van der Waals surface area contributed by atoms with Crippen molar-refractivity contribution in [2.24, 2.45) is 4.99 Å². The Morgan fingerprint density at radius 1 is 0.828 bits per heavy atom. The third kappa shape index (κ3) is 4.23. The Bertz CT molecular complexity index is 1230. The van der Waals surface area contributed by atoms with Crippen LogP contribution < -0.4 is 4.80 Å². The molecule has 0 bridgehead atoms. The van der Waals surface area contributed by atoms with E-state index in [4.69, 9.17) is 11.6 Å². The number of hydrogen-bond donors (Lipinski definition) is 0. The van der Waals surface area contributed by atoms with Gasteiger partial charge in [0.25, 0.3) is 5.91 Å². The standard InChI is InChI=1S/C22H14ClN3O2S/c23-17-11-13-18(14-12-17)26-22(24-20(28)16-9-5-2-6-10-16)29-21(25-26)19(27)15-7-3-1-4-8-15/h1-14H. The Hall–Kier alpha value is -3.35. The molecular weight excluding hydrogens is 406 g/mol. The summed E-state index contributed by atoms with van der Waals surface area (Å²) in [5.74, 6) is -0.636. The summed E-state index contributed by atoms with van der Waals surface area (Å²) < 4.78 is 1.48. The molecule has 0 atom stereocenters. The lowest BCUT2D eigenvalue weighted by Crippen LogP contribution is -2.16. The first-order valence-electron chi connectivity index (χ1n) is 8.72. The summed E-state index contributed by atoms with van der Waals surface area (Å²) in [6.45, 7) is 0. The monoisotopic (exact) mass is 419 g/mol. The van der Waals surface area contributed by atoms with E-state index in [1.165, 1.54) is 4.68 Å². The second-order valence-corrected chi connectivity index (χ2v) is 7.45. The van der Waals surface area contributed by atoms with Crippen LogP contribution in [0.25, 0.3) is 5.69 Å². The van der Waals surface area contributed by atoms with Gasteiger partial charge in [-0.05, 0) is 36.4 Å². The third-order valence-corrected chi connectivity index (χ3v) is 5.24. The molecule has 0 radical (unpaired) electrons. The lowest BCUT2D eigenvalue weighted by Gasteiger charge is -2.01. The highest BCUT2D eigenvalue weighted by molar-refractivity contribution is 7.11. The number of aromatic nitrogens is 2. The van der Waals surface area contributed by atoms with Gasteiger partial charge < -0.3 is 0 Å². The molecule has 142 valence electrons. The predicted molar refractivity (Wildman–Crippen MR) is 113 cm³/mol. The number of halogens is 1. The van der Waals surface area contributed by atoms with Gasteiger partial charge in [-0.1, -0.05) is 71.5 Å². The van der Waals surface area contributed by atoms with E-state index in [0.29, 0.717) is 26.6 Å². The van der Waals surface area contributed by atoms with Crippen LogP contribution in [0.5, 0.6) is 0 Å². The molecule has 0 fully saturated rings. The van der Waals surface area contributed by atoms with Crippen LogP contribution in [0.3, 0.4) is 0 Å². The number of carbonyl (C=O) groups excluding carboxylic acids is 2.